The Labute approximate surface area is 373 Å². The van der Waals surface area contributed by atoms with Crippen LogP contribution in [0.4, 0.5) is 15.6 Å². The number of rotatable bonds is 10. The van der Waals surface area contributed by atoms with E-state index in [2.05, 4.69) is 10.6 Å². The van der Waals surface area contributed by atoms with Crippen LogP contribution in [0.25, 0.3) is 10.2 Å². The smallest absolute Gasteiger partial charge is 0.329 e. The number of aromatic nitrogens is 1. The second kappa shape index (κ2) is 16.8. The number of aliphatic hydroxyl groups excluding tert-OH is 1. The average molecular weight is 870 g/mol. The molecule has 6 aromatic carbocycles. The Morgan fingerprint density at radius 1 is 0.797 bits per heavy atom. The highest BCUT2D eigenvalue weighted by Crippen LogP contribution is 2.66. The summed E-state index contributed by atoms with van der Waals surface area (Å²) in [5, 5.41) is 16.4. The molecule has 7 atom stereocenters. The summed E-state index contributed by atoms with van der Waals surface area (Å²) >= 11 is 1.27. The van der Waals surface area contributed by atoms with Gasteiger partial charge in [0.15, 0.2) is 5.13 Å². The molecular weight excluding hydrogens is 827 g/mol. The van der Waals surface area contributed by atoms with Gasteiger partial charge in [-0.15, -0.1) is 0 Å². The number of hydrogen-bond donors (Lipinski definition) is 3. The topological polar surface area (TPSA) is 150 Å². The first kappa shape index (κ1) is 40.9. The number of cyclic esters (lactones) is 1. The number of fused-ring (bicyclic) bond motifs is 4. The molecule has 0 bridgehead atoms. The minimum absolute atomic E-state index is 0.0745. The fourth-order valence-electron chi connectivity index (χ4n) is 10.0. The maximum atomic E-state index is 16.4. The first-order valence-electron chi connectivity index (χ1n) is 21.2. The Balaban J connectivity index is 1.24. The summed E-state index contributed by atoms with van der Waals surface area (Å²) in [6.45, 7) is 1.46. The molecule has 0 aliphatic carbocycles. The van der Waals surface area contributed by atoms with E-state index in [0.717, 1.165) is 20.7 Å². The minimum Gasteiger partial charge on any atom is -0.491 e. The van der Waals surface area contributed by atoms with Gasteiger partial charge < -0.3 is 25.2 Å². The molecule has 64 heavy (non-hydrogen) atoms. The molecule has 2 fully saturated rings. The number of thiazole rings is 1. The molecule has 0 saturated carbocycles. The first-order valence-corrected chi connectivity index (χ1v) is 22.0. The summed E-state index contributed by atoms with van der Waals surface area (Å²) < 4.78 is 13.7. The van der Waals surface area contributed by atoms with Crippen LogP contribution in [0.1, 0.15) is 59.0 Å². The highest BCUT2D eigenvalue weighted by molar-refractivity contribution is 7.22. The van der Waals surface area contributed by atoms with E-state index < -0.39 is 65.4 Å². The fraction of sp³-hybridized carbons (Fsp3) is 0.196. The molecule has 3 aliphatic rings. The summed E-state index contributed by atoms with van der Waals surface area (Å²) in [5.74, 6) is -3.26. The molecule has 320 valence electrons. The third-order valence-electron chi connectivity index (χ3n) is 12.6. The first-order chi connectivity index (χ1) is 31.3. The number of aliphatic hydroxyl groups is 1. The van der Waals surface area contributed by atoms with Crippen molar-refractivity contribution in [2.45, 2.75) is 42.6 Å². The van der Waals surface area contributed by atoms with Gasteiger partial charge in [0.05, 0.1) is 46.6 Å². The number of benzene rings is 6. The zero-order chi connectivity index (χ0) is 44.0. The Morgan fingerprint density at radius 2 is 1.44 bits per heavy atom. The monoisotopic (exact) mass is 869 g/mol. The van der Waals surface area contributed by atoms with E-state index in [4.69, 9.17) is 14.5 Å². The van der Waals surface area contributed by atoms with Gasteiger partial charge in [0.1, 0.15) is 29.9 Å². The molecule has 13 heteroatoms. The predicted octanol–water partition coefficient (Wildman–Crippen LogP) is 8.44. The van der Waals surface area contributed by atoms with E-state index >= 15 is 14.4 Å². The summed E-state index contributed by atoms with van der Waals surface area (Å²) in [6, 6.07) is 45.5. The van der Waals surface area contributed by atoms with Crippen LogP contribution in [0.2, 0.25) is 0 Å². The standard InChI is InChI=1S/C51H43N5O7S/c1-31(32-17-5-2-6-18-32)52-50(61)55-38-26-14-12-24-36(38)51(48(55)60)41(46(58)54-49-53-37-25-13-16-28-40(37)64-49)43-47(59)63-44(34-21-9-4-10-22-34)42(33-19-7-3-8-20-33)56(43)45(51)35-23-11-15-27-39(35)62-30-29-57/h2-28,31,41-45,57H,29-30H2,1H3,(H,52,61)(H,53,54,58). The quantitative estimate of drug-likeness (QED) is 0.115. The summed E-state index contributed by atoms with van der Waals surface area (Å²) in [5.41, 5.74) is 2.10. The number of nitrogens with zero attached hydrogens (tertiary/aromatic N) is 3. The lowest BCUT2D eigenvalue weighted by Gasteiger charge is -2.46. The van der Waals surface area contributed by atoms with E-state index in [1.165, 1.54) is 11.3 Å². The number of hydrogen-bond acceptors (Lipinski definition) is 10. The summed E-state index contributed by atoms with van der Waals surface area (Å²) in [6.07, 6.45) is -0.902. The van der Waals surface area contributed by atoms with Gasteiger partial charge in [-0.25, -0.2) is 14.7 Å². The molecule has 12 nitrogen and oxygen atoms in total. The SMILES string of the molecule is CC(NC(=O)N1C(=O)C2(c3ccccc31)C(C(=O)Nc1nc3ccccc3s1)C1C(=O)OC(c3ccccc3)C(c3ccccc3)N1C2c1ccccc1OCCO)c1ccccc1. The fourth-order valence-corrected chi connectivity index (χ4v) is 10.9. The highest BCUT2D eigenvalue weighted by Gasteiger charge is 2.76. The Hall–Kier alpha value is -7.19. The maximum absolute atomic E-state index is 16.4. The number of imide groups is 1. The molecular formula is C51H43N5O7S. The number of carbonyl (C=O) groups excluding carboxylic acids is 4. The minimum atomic E-state index is -1.98. The van der Waals surface area contributed by atoms with E-state index in [9.17, 15) is 9.90 Å². The van der Waals surface area contributed by atoms with Gasteiger partial charge in [-0.1, -0.05) is 151 Å². The maximum Gasteiger partial charge on any atom is 0.329 e. The number of esters is 1. The van der Waals surface area contributed by atoms with Crippen molar-refractivity contribution in [3.63, 3.8) is 0 Å². The molecule has 3 aliphatic heterocycles. The molecule has 7 aromatic rings. The second-order valence-electron chi connectivity index (χ2n) is 16.1. The van der Waals surface area contributed by atoms with Crippen molar-refractivity contribution in [1.82, 2.24) is 15.2 Å². The van der Waals surface area contributed by atoms with Crippen molar-refractivity contribution < 1.29 is 33.8 Å². The molecule has 0 radical (unpaired) electrons. The van der Waals surface area contributed by atoms with Gasteiger partial charge in [-0.3, -0.25) is 19.3 Å². The van der Waals surface area contributed by atoms with E-state index in [1.54, 1.807) is 36.4 Å². The van der Waals surface area contributed by atoms with Gasteiger partial charge in [0, 0.05) is 5.56 Å². The van der Waals surface area contributed by atoms with Crippen LogP contribution in [0.15, 0.2) is 164 Å². The van der Waals surface area contributed by atoms with Gasteiger partial charge in [0.2, 0.25) is 11.8 Å². The van der Waals surface area contributed by atoms with Crippen LogP contribution in [0, 0.1) is 5.92 Å². The third kappa shape index (κ3) is 6.71. The zero-order valence-electron chi connectivity index (χ0n) is 34.6. The van der Waals surface area contributed by atoms with Crippen molar-refractivity contribution in [2.24, 2.45) is 5.92 Å². The predicted molar refractivity (Wildman–Crippen MR) is 243 cm³/mol. The Morgan fingerprint density at radius 3 is 2.17 bits per heavy atom. The lowest BCUT2D eigenvalue weighted by atomic mass is 9.65. The highest BCUT2D eigenvalue weighted by atomic mass is 32.1. The van der Waals surface area contributed by atoms with Gasteiger partial charge in [-0.2, -0.15) is 0 Å². The second-order valence-corrected chi connectivity index (χ2v) is 17.1. The number of para-hydroxylation sites is 3. The van der Waals surface area contributed by atoms with Crippen LogP contribution >= 0.6 is 11.3 Å². The number of urea groups is 1. The van der Waals surface area contributed by atoms with Crippen molar-refractivity contribution in [2.75, 3.05) is 23.4 Å². The normalized spacial score (nSPS) is 23.0. The number of ether oxygens (including phenoxy) is 2. The molecule has 1 spiro atoms. The number of amides is 4. The van der Waals surface area contributed by atoms with Crippen LogP contribution in [-0.2, 0) is 24.5 Å². The molecule has 7 unspecified atom stereocenters. The zero-order valence-corrected chi connectivity index (χ0v) is 35.4. The molecule has 4 amide bonds. The summed E-state index contributed by atoms with van der Waals surface area (Å²) in [4.78, 5) is 70.2. The number of anilines is 2. The summed E-state index contributed by atoms with van der Waals surface area (Å²) in [7, 11) is 0. The number of nitrogens with one attached hydrogen (secondary N) is 2. The van der Waals surface area contributed by atoms with Crippen molar-refractivity contribution in [1.29, 1.82) is 0 Å². The average Bonchev–Trinajstić information content (AvgIpc) is 3.97. The van der Waals surface area contributed by atoms with Crippen LogP contribution < -0.4 is 20.3 Å². The molecule has 1 aromatic heterocycles. The number of carbonyl (C=O) groups is 4. The number of morpholine rings is 1. The van der Waals surface area contributed by atoms with E-state index in [0.29, 0.717) is 28.0 Å². The lowest BCUT2D eigenvalue weighted by molar-refractivity contribution is -0.177. The van der Waals surface area contributed by atoms with Crippen molar-refractivity contribution in [3.8, 4) is 5.75 Å². The Kier molecular flexibility index (Phi) is 10.7. The van der Waals surface area contributed by atoms with Crippen LogP contribution in [0.5, 0.6) is 5.75 Å². The Bertz CT molecular complexity index is 2850. The van der Waals surface area contributed by atoms with E-state index in [-0.39, 0.29) is 24.0 Å². The van der Waals surface area contributed by atoms with Crippen molar-refractivity contribution >= 4 is 56.2 Å². The van der Waals surface area contributed by atoms with Crippen LogP contribution in [0.3, 0.4) is 0 Å². The van der Waals surface area contributed by atoms with Gasteiger partial charge >= 0.3 is 12.0 Å². The van der Waals surface area contributed by atoms with Crippen LogP contribution in [-0.4, -0.2) is 58.1 Å². The van der Waals surface area contributed by atoms with Gasteiger partial charge in [-0.05, 0) is 53.4 Å². The van der Waals surface area contributed by atoms with Crippen molar-refractivity contribution in [3.05, 3.63) is 192 Å². The molecule has 4 heterocycles. The molecule has 2 saturated heterocycles. The third-order valence-corrected chi connectivity index (χ3v) is 13.5. The molecule has 3 N–H and O–H groups in total. The largest absolute Gasteiger partial charge is 0.491 e. The van der Waals surface area contributed by atoms with E-state index in [1.807, 2.05) is 139 Å². The lowest BCUT2D eigenvalue weighted by Crippen LogP contribution is -2.55. The van der Waals surface area contributed by atoms with Gasteiger partial charge in [0.25, 0.3) is 0 Å². The molecule has 10 rings (SSSR count).